The molecule has 1 fully saturated rings. The number of morpholine rings is 1. The van der Waals surface area contributed by atoms with Crippen LogP contribution < -0.4 is 14.8 Å². The van der Waals surface area contributed by atoms with Gasteiger partial charge < -0.3 is 19.5 Å². The predicted molar refractivity (Wildman–Crippen MR) is 113 cm³/mol. The Morgan fingerprint density at radius 2 is 1.83 bits per heavy atom. The SMILES string of the molecule is CCOc1ccc(NC(=O)Cc2ccc(OC)cc2)cc1S(=O)(=O)N1CCOCC1. The largest absolute Gasteiger partial charge is 0.497 e. The number of methoxy groups -OCH3 is 1. The summed E-state index contributed by atoms with van der Waals surface area (Å²) in [6, 6.07) is 11.8. The van der Waals surface area contributed by atoms with Gasteiger partial charge in [-0.2, -0.15) is 4.31 Å². The lowest BCUT2D eigenvalue weighted by Gasteiger charge is -2.27. The van der Waals surface area contributed by atoms with E-state index in [-0.39, 0.29) is 36.1 Å². The molecule has 30 heavy (non-hydrogen) atoms. The van der Waals surface area contributed by atoms with Crippen LogP contribution in [-0.4, -0.2) is 58.7 Å². The molecule has 1 N–H and O–H groups in total. The lowest BCUT2D eigenvalue weighted by molar-refractivity contribution is -0.115. The zero-order chi connectivity index (χ0) is 21.6. The van der Waals surface area contributed by atoms with E-state index in [9.17, 15) is 13.2 Å². The Morgan fingerprint density at radius 1 is 1.13 bits per heavy atom. The first-order valence-corrected chi connectivity index (χ1v) is 11.2. The van der Waals surface area contributed by atoms with Crippen molar-refractivity contribution in [2.75, 3.05) is 45.3 Å². The van der Waals surface area contributed by atoms with Crippen LogP contribution in [0.15, 0.2) is 47.4 Å². The summed E-state index contributed by atoms with van der Waals surface area (Å²) in [6.07, 6.45) is 0.156. The van der Waals surface area contributed by atoms with Gasteiger partial charge in [0.15, 0.2) is 0 Å². The summed E-state index contributed by atoms with van der Waals surface area (Å²) >= 11 is 0. The van der Waals surface area contributed by atoms with Crippen LogP contribution in [0.3, 0.4) is 0 Å². The second-order valence-electron chi connectivity index (χ2n) is 6.68. The van der Waals surface area contributed by atoms with Gasteiger partial charge in [0.2, 0.25) is 15.9 Å². The highest BCUT2D eigenvalue weighted by molar-refractivity contribution is 7.89. The smallest absolute Gasteiger partial charge is 0.246 e. The molecule has 9 heteroatoms. The van der Waals surface area contributed by atoms with Gasteiger partial charge in [0.25, 0.3) is 0 Å². The number of rotatable bonds is 8. The summed E-state index contributed by atoms with van der Waals surface area (Å²) in [5, 5.41) is 2.77. The van der Waals surface area contributed by atoms with Gasteiger partial charge in [-0.25, -0.2) is 8.42 Å². The number of amides is 1. The molecule has 1 heterocycles. The van der Waals surface area contributed by atoms with E-state index in [1.54, 1.807) is 38.3 Å². The molecule has 1 amide bonds. The summed E-state index contributed by atoms with van der Waals surface area (Å²) in [6.45, 7) is 3.37. The topological polar surface area (TPSA) is 94.2 Å². The molecule has 162 valence electrons. The molecule has 1 aliphatic heterocycles. The highest BCUT2D eigenvalue weighted by Crippen LogP contribution is 2.30. The van der Waals surface area contributed by atoms with Crippen LogP contribution in [-0.2, 0) is 26.0 Å². The Balaban J connectivity index is 1.79. The van der Waals surface area contributed by atoms with Gasteiger partial charge in [0.1, 0.15) is 16.4 Å². The molecule has 0 aromatic heterocycles. The lowest BCUT2D eigenvalue weighted by atomic mass is 10.1. The van der Waals surface area contributed by atoms with Gasteiger partial charge in [-0.05, 0) is 42.8 Å². The molecular weight excluding hydrogens is 408 g/mol. The van der Waals surface area contributed by atoms with Crippen LogP contribution in [0.2, 0.25) is 0 Å². The average molecular weight is 435 g/mol. The van der Waals surface area contributed by atoms with Crippen LogP contribution >= 0.6 is 0 Å². The Labute approximate surface area is 176 Å². The maximum absolute atomic E-state index is 13.1. The quantitative estimate of drug-likeness (QED) is 0.685. The minimum absolute atomic E-state index is 0.0356. The highest BCUT2D eigenvalue weighted by atomic mass is 32.2. The summed E-state index contributed by atoms with van der Waals surface area (Å²) in [5.74, 6) is 0.722. The molecule has 1 saturated heterocycles. The average Bonchev–Trinajstić information content (AvgIpc) is 2.76. The summed E-state index contributed by atoms with van der Waals surface area (Å²) < 4.78 is 43.5. The Morgan fingerprint density at radius 3 is 2.47 bits per heavy atom. The van der Waals surface area contributed by atoms with Crippen molar-refractivity contribution in [1.82, 2.24) is 4.31 Å². The summed E-state index contributed by atoms with van der Waals surface area (Å²) in [4.78, 5) is 12.5. The fraction of sp³-hybridized carbons (Fsp3) is 0.381. The van der Waals surface area contributed by atoms with Crippen molar-refractivity contribution in [1.29, 1.82) is 0 Å². The van der Waals surface area contributed by atoms with Crippen LogP contribution in [0.5, 0.6) is 11.5 Å². The standard InChI is InChI=1S/C21H26N2O6S/c1-3-29-19-9-6-17(15-20(19)30(25,26)23-10-12-28-13-11-23)22-21(24)14-16-4-7-18(27-2)8-5-16/h4-9,15H,3,10-14H2,1-2H3,(H,22,24). The van der Waals surface area contributed by atoms with E-state index in [0.717, 1.165) is 5.56 Å². The van der Waals surface area contributed by atoms with E-state index in [1.807, 2.05) is 12.1 Å². The number of nitrogens with zero attached hydrogens (tertiary/aromatic N) is 1. The first kappa shape index (κ1) is 22.1. The molecule has 0 atom stereocenters. The number of benzene rings is 2. The second kappa shape index (κ2) is 9.92. The minimum atomic E-state index is -3.78. The van der Waals surface area contributed by atoms with Crippen LogP contribution in [0, 0.1) is 0 Å². The van der Waals surface area contributed by atoms with E-state index in [0.29, 0.717) is 31.3 Å². The number of anilines is 1. The second-order valence-corrected chi connectivity index (χ2v) is 8.59. The van der Waals surface area contributed by atoms with E-state index >= 15 is 0 Å². The van der Waals surface area contributed by atoms with Crippen LogP contribution in [0.25, 0.3) is 0 Å². The van der Waals surface area contributed by atoms with Crippen LogP contribution in [0.1, 0.15) is 12.5 Å². The third-order valence-corrected chi connectivity index (χ3v) is 6.56. The number of ether oxygens (including phenoxy) is 3. The van der Waals surface area contributed by atoms with Gasteiger partial charge in [0, 0.05) is 18.8 Å². The molecule has 1 aliphatic rings. The molecule has 0 spiro atoms. The minimum Gasteiger partial charge on any atom is -0.497 e. The fourth-order valence-electron chi connectivity index (χ4n) is 3.12. The van der Waals surface area contributed by atoms with Gasteiger partial charge in [-0.15, -0.1) is 0 Å². The zero-order valence-corrected chi connectivity index (χ0v) is 17.9. The third kappa shape index (κ3) is 5.29. The first-order chi connectivity index (χ1) is 14.4. The van der Waals surface area contributed by atoms with Crippen molar-refractivity contribution in [2.45, 2.75) is 18.2 Å². The maximum atomic E-state index is 13.1. The number of nitrogens with one attached hydrogen (secondary N) is 1. The van der Waals surface area contributed by atoms with Crippen molar-refractivity contribution in [3.63, 3.8) is 0 Å². The molecule has 0 radical (unpaired) electrons. The number of carbonyl (C=O) groups is 1. The maximum Gasteiger partial charge on any atom is 0.246 e. The van der Waals surface area contributed by atoms with E-state index in [1.165, 1.54) is 10.4 Å². The molecular formula is C21H26N2O6S. The summed E-state index contributed by atoms with van der Waals surface area (Å²) in [5.41, 5.74) is 1.21. The van der Waals surface area contributed by atoms with E-state index in [2.05, 4.69) is 5.32 Å². The Kier molecular flexibility index (Phi) is 7.30. The van der Waals surface area contributed by atoms with Gasteiger partial charge in [-0.3, -0.25) is 4.79 Å². The van der Waals surface area contributed by atoms with Crippen LogP contribution in [0.4, 0.5) is 5.69 Å². The zero-order valence-electron chi connectivity index (χ0n) is 17.1. The number of carbonyl (C=O) groups excluding carboxylic acids is 1. The molecule has 0 unspecified atom stereocenters. The molecule has 8 nitrogen and oxygen atoms in total. The van der Waals surface area contributed by atoms with Crippen molar-refractivity contribution in [3.8, 4) is 11.5 Å². The van der Waals surface area contributed by atoms with Crippen molar-refractivity contribution in [2.24, 2.45) is 0 Å². The van der Waals surface area contributed by atoms with Crippen molar-refractivity contribution < 1.29 is 27.4 Å². The fourth-order valence-corrected chi connectivity index (χ4v) is 4.69. The molecule has 0 bridgehead atoms. The number of hydrogen-bond acceptors (Lipinski definition) is 6. The number of hydrogen-bond donors (Lipinski definition) is 1. The molecule has 3 rings (SSSR count). The van der Waals surface area contributed by atoms with Gasteiger partial charge in [0.05, 0.1) is 33.4 Å². The highest BCUT2D eigenvalue weighted by Gasteiger charge is 2.29. The van der Waals surface area contributed by atoms with E-state index < -0.39 is 10.0 Å². The molecule has 2 aromatic rings. The number of sulfonamides is 1. The summed E-state index contributed by atoms with van der Waals surface area (Å²) in [7, 11) is -2.20. The lowest BCUT2D eigenvalue weighted by Crippen LogP contribution is -2.40. The van der Waals surface area contributed by atoms with Gasteiger partial charge in [-0.1, -0.05) is 12.1 Å². The first-order valence-electron chi connectivity index (χ1n) is 9.71. The van der Waals surface area contributed by atoms with Crippen molar-refractivity contribution in [3.05, 3.63) is 48.0 Å². The normalized spacial score (nSPS) is 14.9. The van der Waals surface area contributed by atoms with Gasteiger partial charge >= 0.3 is 0 Å². The Hall–Kier alpha value is -2.62. The van der Waals surface area contributed by atoms with Crippen molar-refractivity contribution >= 4 is 21.6 Å². The molecule has 2 aromatic carbocycles. The Bertz CT molecular complexity index is 969. The monoisotopic (exact) mass is 434 g/mol. The predicted octanol–water partition coefficient (Wildman–Crippen LogP) is 2.30. The molecule has 0 aliphatic carbocycles. The third-order valence-electron chi connectivity index (χ3n) is 4.64. The molecule has 0 saturated carbocycles. The van der Waals surface area contributed by atoms with E-state index in [4.69, 9.17) is 14.2 Å².